The van der Waals surface area contributed by atoms with Crippen molar-refractivity contribution in [3.8, 4) is 22.9 Å². The Kier molecular flexibility index (Phi) is 7.09. The van der Waals surface area contributed by atoms with Crippen LogP contribution in [-0.4, -0.2) is 9.55 Å². The second kappa shape index (κ2) is 11.1. The number of imidazole rings is 1. The smallest absolute Gasteiger partial charge is 0.268 e. The standard InChI is InChI=1S/C36H32N4O/c1-36(2,3)28-12-9-15-30(24-28)38-22-23-39(27-38)31-16-10-18-33(25-31)41-34-19-11-17-32(26-34)40(29-13-5-4-6-14-29)35-20-7-8-21-37-35/h4-26H,1-3H3. The van der Waals surface area contributed by atoms with Gasteiger partial charge in [0, 0.05) is 30.3 Å². The molecule has 5 nitrogen and oxygen atoms in total. The van der Waals surface area contributed by atoms with Crippen LogP contribution in [0.3, 0.4) is 0 Å². The Morgan fingerprint density at radius 3 is 2.24 bits per heavy atom. The number of hydrogen-bond acceptors (Lipinski definition) is 3. The lowest BCUT2D eigenvalue weighted by Crippen LogP contribution is -2.29. The lowest BCUT2D eigenvalue weighted by Gasteiger charge is -2.24. The number of anilines is 3. The van der Waals surface area contributed by atoms with Gasteiger partial charge in [-0.25, -0.2) is 4.98 Å². The summed E-state index contributed by atoms with van der Waals surface area (Å²) < 4.78 is 10.4. The Balaban J connectivity index is 1.26. The summed E-state index contributed by atoms with van der Waals surface area (Å²) in [6, 6.07) is 40.8. The van der Waals surface area contributed by atoms with Gasteiger partial charge in [0.2, 0.25) is 0 Å². The van der Waals surface area contributed by atoms with Crippen molar-refractivity contribution in [3.05, 3.63) is 152 Å². The van der Waals surface area contributed by atoms with E-state index in [2.05, 4.69) is 79.4 Å². The van der Waals surface area contributed by atoms with Crippen molar-refractivity contribution in [1.29, 1.82) is 0 Å². The van der Waals surface area contributed by atoms with E-state index < -0.39 is 0 Å². The maximum Gasteiger partial charge on any atom is 0.268 e. The zero-order valence-corrected chi connectivity index (χ0v) is 23.5. The normalized spacial score (nSPS) is 11.3. The van der Waals surface area contributed by atoms with Gasteiger partial charge in [-0.3, -0.25) is 14.0 Å². The fourth-order valence-electron chi connectivity index (χ4n) is 4.72. The third-order valence-corrected chi connectivity index (χ3v) is 6.87. The van der Waals surface area contributed by atoms with Crippen LogP contribution in [0.2, 0.25) is 0 Å². The summed E-state index contributed by atoms with van der Waals surface area (Å²) in [7, 11) is 0. The van der Waals surface area contributed by atoms with Crippen LogP contribution < -0.4 is 14.2 Å². The average molecular weight is 537 g/mol. The molecule has 0 saturated carbocycles. The highest BCUT2D eigenvalue weighted by molar-refractivity contribution is 5.75. The minimum atomic E-state index is 0.0812. The predicted octanol–water partition coefficient (Wildman–Crippen LogP) is 8.51. The topological polar surface area (TPSA) is 34.2 Å². The number of benzene rings is 4. The van der Waals surface area contributed by atoms with Gasteiger partial charge in [0.05, 0.1) is 17.1 Å². The molecule has 0 atom stereocenters. The van der Waals surface area contributed by atoms with Crippen molar-refractivity contribution in [2.75, 3.05) is 4.90 Å². The first-order valence-corrected chi connectivity index (χ1v) is 13.7. The molecule has 0 fully saturated rings. The lowest BCUT2D eigenvalue weighted by molar-refractivity contribution is -0.599. The summed E-state index contributed by atoms with van der Waals surface area (Å²) in [6.07, 6.45) is 9.28. The molecule has 0 unspecified atom stereocenters. The molecule has 0 amide bonds. The van der Waals surface area contributed by atoms with Gasteiger partial charge in [-0.15, -0.1) is 0 Å². The summed E-state index contributed by atoms with van der Waals surface area (Å²) in [5.74, 6) is 2.32. The number of hydrogen-bond donors (Lipinski definition) is 0. The molecule has 0 saturated heterocycles. The van der Waals surface area contributed by atoms with E-state index in [1.54, 1.807) is 6.20 Å². The number of ether oxygens (including phenoxy) is 1. The van der Waals surface area contributed by atoms with Crippen LogP contribution in [0.1, 0.15) is 26.3 Å². The number of rotatable bonds is 7. The molecule has 6 rings (SSSR count). The van der Waals surface area contributed by atoms with Gasteiger partial charge in [0.25, 0.3) is 6.33 Å². The van der Waals surface area contributed by atoms with Crippen LogP contribution in [-0.2, 0) is 5.41 Å². The van der Waals surface area contributed by atoms with Gasteiger partial charge in [-0.05, 0) is 77.7 Å². The summed E-state index contributed by atoms with van der Waals surface area (Å²) >= 11 is 0. The van der Waals surface area contributed by atoms with Crippen molar-refractivity contribution in [1.82, 2.24) is 9.55 Å². The molecule has 0 aliphatic rings. The van der Waals surface area contributed by atoms with Crippen LogP contribution in [0.25, 0.3) is 11.4 Å². The first-order valence-electron chi connectivity index (χ1n) is 13.7. The quantitative estimate of drug-likeness (QED) is 0.151. The zero-order valence-electron chi connectivity index (χ0n) is 23.5. The van der Waals surface area contributed by atoms with Crippen LogP contribution in [0.4, 0.5) is 17.2 Å². The highest BCUT2D eigenvalue weighted by atomic mass is 16.5. The van der Waals surface area contributed by atoms with E-state index in [9.17, 15) is 0 Å². The predicted molar refractivity (Wildman–Crippen MR) is 164 cm³/mol. The summed E-state index contributed by atoms with van der Waals surface area (Å²) in [5.41, 5.74) is 5.39. The number of para-hydroxylation sites is 1. The lowest BCUT2D eigenvalue weighted by atomic mass is 9.87. The molecule has 202 valence electrons. The third kappa shape index (κ3) is 5.89. The van der Waals surface area contributed by atoms with Crippen LogP contribution in [0.5, 0.6) is 11.5 Å². The maximum atomic E-state index is 6.37. The van der Waals surface area contributed by atoms with Gasteiger partial charge in [-0.1, -0.05) is 69.3 Å². The Bertz CT molecular complexity index is 1710. The molecule has 2 aromatic heterocycles. The zero-order chi connectivity index (χ0) is 28.2. The van der Waals surface area contributed by atoms with E-state index in [0.29, 0.717) is 0 Å². The molecular weight excluding hydrogens is 504 g/mol. The Labute approximate surface area is 241 Å². The van der Waals surface area contributed by atoms with Gasteiger partial charge in [0.1, 0.15) is 17.3 Å². The van der Waals surface area contributed by atoms with E-state index in [0.717, 1.165) is 40.1 Å². The fraction of sp³-hybridized carbons (Fsp3) is 0.111. The molecule has 0 radical (unpaired) electrons. The highest BCUT2D eigenvalue weighted by Gasteiger charge is 2.15. The monoisotopic (exact) mass is 536 g/mol. The summed E-state index contributed by atoms with van der Waals surface area (Å²) in [6.45, 7) is 6.68. The number of pyridine rings is 1. The average Bonchev–Trinajstić information content (AvgIpc) is 3.49. The molecule has 4 aromatic carbocycles. The van der Waals surface area contributed by atoms with Crippen molar-refractivity contribution in [3.63, 3.8) is 0 Å². The molecule has 6 aromatic rings. The van der Waals surface area contributed by atoms with Crippen LogP contribution >= 0.6 is 0 Å². The SMILES string of the molecule is CC(C)(C)c1cccc(-[n+]2[c-]n(-c3cccc(Oc4cccc(N(c5ccccc5)c5ccccn5)c4)c3)cc2)c1. The first-order chi connectivity index (χ1) is 19.9. The molecule has 0 aliphatic heterocycles. The fourth-order valence-corrected chi connectivity index (χ4v) is 4.72. The van der Waals surface area contributed by atoms with E-state index >= 15 is 0 Å². The molecular formula is C36H32N4O. The van der Waals surface area contributed by atoms with Gasteiger partial charge in [-0.2, -0.15) is 0 Å². The second-order valence-electron chi connectivity index (χ2n) is 10.9. The van der Waals surface area contributed by atoms with Crippen LogP contribution in [0, 0.1) is 6.33 Å². The van der Waals surface area contributed by atoms with E-state index in [-0.39, 0.29) is 5.41 Å². The van der Waals surface area contributed by atoms with Crippen molar-refractivity contribution in [2.24, 2.45) is 0 Å². The van der Waals surface area contributed by atoms with E-state index in [1.807, 2.05) is 100 Å². The maximum absolute atomic E-state index is 6.37. The largest absolute Gasteiger partial charge is 0.458 e. The van der Waals surface area contributed by atoms with E-state index in [4.69, 9.17) is 4.74 Å². The Morgan fingerprint density at radius 2 is 1.46 bits per heavy atom. The molecule has 2 heterocycles. The van der Waals surface area contributed by atoms with Crippen LogP contribution in [0.15, 0.2) is 140 Å². The Morgan fingerprint density at radius 1 is 0.732 bits per heavy atom. The highest BCUT2D eigenvalue weighted by Crippen LogP contribution is 2.35. The van der Waals surface area contributed by atoms with Gasteiger partial charge < -0.3 is 4.74 Å². The number of nitrogens with zero attached hydrogens (tertiary/aromatic N) is 4. The van der Waals surface area contributed by atoms with Crippen molar-refractivity contribution in [2.45, 2.75) is 26.2 Å². The first kappa shape index (κ1) is 26.1. The minimum absolute atomic E-state index is 0.0812. The molecule has 41 heavy (non-hydrogen) atoms. The molecule has 0 spiro atoms. The van der Waals surface area contributed by atoms with Gasteiger partial charge in [0.15, 0.2) is 0 Å². The second-order valence-corrected chi connectivity index (χ2v) is 10.9. The number of aromatic nitrogens is 3. The van der Waals surface area contributed by atoms with E-state index in [1.165, 1.54) is 5.56 Å². The van der Waals surface area contributed by atoms with Crippen molar-refractivity contribution >= 4 is 17.2 Å². The Hall–Kier alpha value is -5.16. The molecule has 0 bridgehead atoms. The molecule has 5 heteroatoms. The minimum Gasteiger partial charge on any atom is -0.458 e. The summed E-state index contributed by atoms with van der Waals surface area (Å²) in [5, 5.41) is 0. The molecule has 0 aliphatic carbocycles. The van der Waals surface area contributed by atoms with Gasteiger partial charge >= 0.3 is 0 Å². The van der Waals surface area contributed by atoms with Crippen molar-refractivity contribution < 1.29 is 9.30 Å². The summed E-state index contributed by atoms with van der Waals surface area (Å²) in [4.78, 5) is 6.72. The third-order valence-electron chi connectivity index (χ3n) is 6.87. The molecule has 0 N–H and O–H groups in total.